The van der Waals surface area contributed by atoms with Gasteiger partial charge in [-0.2, -0.15) is 0 Å². The average Bonchev–Trinajstić information content (AvgIpc) is 1.65. The third kappa shape index (κ3) is 2.09. The van der Waals surface area contributed by atoms with Gasteiger partial charge in [-0.3, -0.25) is 0 Å². The lowest BCUT2D eigenvalue weighted by Crippen LogP contribution is -2.03. The Kier molecular flexibility index (Phi) is 2.27. The molecule has 0 aromatic rings. The molecule has 0 aromatic heterocycles. The van der Waals surface area contributed by atoms with Gasteiger partial charge in [-0.15, -0.1) is 0 Å². The highest BCUT2D eigenvalue weighted by Crippen LogP contribution is 1.98. The molecule has 0 bridgehead atoms. The number of hydrogen-bond donors (Lipinski definition) is 2. The van der Waals surface area contributed by atoms with E-state index in [1.54, 1.807) is 0 Å². The maximum atomic E-state index is 8.22. The molecule has 0 saturated carbocycles. The van der Waals surface area contributed by atoms with Crippen LogP contribution in [0.4, 0.5) is 0 Å². The standard InChI is InChI=1S/C5H11NO/c1-4(2)5(6)3-7/h3-4,7H,6H2,1-2H3/b5-3+. The van der Waals surface area contributed by atoms with Crippen molar-refractivity contribution >= 4 is 0 Å². The van der Waals surface area contributed by atoms with Crippen LogP contribution in [0, 0.1) is 5.92 Å². The summed E-state index contributed by atoms with van der Waals surface area (Å²) in [4.78, 5) is 0. The van der Waals surface area contributed by atoms with Gasteiger partial charge in [0, 0.05) is 5.70 Å². The fourth-order valence-electron chi connectivity index (χ4n) is 0.149. The first-order chi connectivity index (χ1) is 3.18. The molecule has 2 nitrogen and oxygen atoms in total. The Morgan fingerprint density at radius 1 is 1.71 bits per heavy atom. The van der Waals surface area contributed by atoms with Gasteiger partial charge >= 0.3 is 0 Å². The van der Waals surface area contributed by atoms with E-state index in [2.05, 4.69) is 0 Å². The van der Waals surface area contributed by atoms with E-state index in [9.17, 15) is 0 Å². The van der Waals surface area contributed by atoms with E-state index in [1.807, 2.05) is 13.8 Å². The second-order valence-corrected chi connectivity index (χ2v) is 1.78. The number of allylic oxidation sites excluding steroid dienone is 1. The normalized spacial score (nSPS) is 12.7. The molecule has 0 aliphatic rings. The summed E-state index contributed by atoms with van der Waals surface area (Å²) < 4.78 is 0. The van der Waals surface area contributed by atoms with Crippen molar-refractivity contribution in [2.75, 3.05) is 0 Å². The van der Waals surface area contributed by atoms with Crippen molar-refractivity contribution in [1.82, 2.24) is 0 Å². The Balaban J connectivity index is 3.56. The van der Waals surface area contributed by atoms with Crippen molar-refractivity contribution in [2.45, 2.75) is 13.8 Å². The molecule has 0 heterocycles. The van der Waals surface area contributed by atoms with Crippen molar-refractivity contribution in [3.8, 4) is 0 Å². The third-order valence-corrected chi connectivity index (χ3v) is 0.816. The van der Waals surface area contributed by atoms with E-state index >= 15 is 0 Å². The highest BCUT2D eigenvalue weighted by atomic mass is 16.2. The quantitative estimate of drug-likeness (QED) is 0.484. The van der Waals surface area contributed by atoms with Gasteiger partial charge in [0.1, 0.15) is 0 Å². The largest absolute Gasteiger partial charge is 0.514 e. The lowest BCUT2D eigenvalue weighted by atomic mass is 10.2. The van der Waals surface area contributed by atoms with E-state index in [-0.39, 0.29) is 5.92 Å². The van der Waals surface area contributed by atoms with Crippen molar-refractivity contribution in [3.63, 3.8) is 0 Å². The maximum absolute atomic E-state index is 8.22. The molecule has 3 N–H and O–H groups in total. The summed E-state index contributed by atoms with van der Waals surface area (Å²) >= 11 is 0. The van der Waals surface area contributed by atoms with Crippen LogP contribution in [0.25, 0.3) is 0 Å². The summed E-state index contributed by atoms with van der Waals surface area (Å²) in [5.41, 5.74) is 5.75. The maximum Gasteiger partial charge on any atom is 0.0981 e. The first-order valence-electron chi connectivity index (χ1n) is 2.28. The molecule has 0 radical (unpaired) electrons. The molecule has 0 aliphatic carbocycles. The fraction of sp³-hybridized carbons (Fsp3) is 0.600. The molecule has 0 amide bonds. The number of hydrogen-bond acceptors (Lipinski definition) is 2. The van der Waals surface area contributed by atoms with Gasteiger partial charge in [0.25, 0.3) is 0 Å². The fourth-order valence-corrected chi connectivity index (χ4v) is 0.149. The Morgan fingerprint density at radius 2 is 2.14 bits per heavy atom. The first kappa shape index (κ1) is 6.34. The zero-order valence-corrected chi connectivity index (χ0v) is 4.68. The molecule has 0 unspecified atom stereocenters. The molecule has 0 aliphatic heterocycles. The Morgan fingerprint density at radius 3 is 2.14 bits per heavy atom. The number of nitrogens with two attached hydrogens (primary N) is 1. The van der Waals surface area contributed by atoms with Gasteiger partial charge in [-0.1, -0.05) is 13.8 Å². The SMILES string of the molecule is CC(C)/C(N)=C\O. The first-order valence-corrected chi connectivity index (χ1v) is 2.28. The summed E-state index contributed by atoms with van der Waals surface area (Å²) in [7, 11) is 0. The smallest absolute Gasteiger partial charge is 0.0981 e. The number of aliphatic hydroxyl groups is 1. The number of aliphatic hydroxyl groups excluding tert-OH is 1. The van der Waals surface area contributed by atoms with E-state index in [4.69, 9.17) is 10.8 Å². The Labute approximate surface area is 43.6 Å². The van der Waals surface area contributed by atoms with Crippen LogP contribution in [0.15, 0.2) is 12.0 Å². The van der Waals surface area contributed by atoms with E-state index in [0.717, 1.165) is 6.26 Å². The van der Waals surface area contributed by atoms with E-state index in [1.165, 1.54) is 0 Å². The van der Waals surface area contributed by atoms with Gasteiger partial charge in [0.05, 0.1) is 6.26 Å². The van der Waals surface area contributed by atoms with Crippen LogP contribution in [0.5, 0.6) is 0 Å². The predicted molar refractivity (Wildman–Crippen MR) is 29.7 cm³/mol. The molecule has 0 atom stereocenters. The van der Waals surface area contributed by atoms with Gasteiger partial charge in [-0.25, -0.2) is 0 Å². The predicted octanol–water partition coefficient (Wildman–Crippen LogP) is 1.00. The minimum Gasteiger partial charge on any atom is -0.514 e. The molecular weight excluding hydrogens is 90.1 g/mol. The topological polar surface area (TPSA) is 46.2 Å². The van der Waals surface area contributed by atoms with Gasteiger partial charge in [0.2, 0.25) is 0 Å². The summed E-state index contributed by atoms with van der Waals surface area (Å²) in [6.45, 7) is 3.84. The van der Waals surface area contributed by atoms with Crippen LogP contribution in [0.1, 0.15) is 13.8 Å². The third-order valence-electron chi connectivity index (χ3n) is 0.816. The molecule has 2 heteroatoms. The molecule has 0 aromatic carbocycles. The van der Waals surface area contributed by atoms with E-state index < -0.39 is 0 Å². The summed E-state index contributed by atoms with van der Waals surface area (Å²) in [6, 6.07) is 0. The van der Waals surface area contributed by atoms with Gasteiger partial charge in [-0.05, 0) is 5.92 Å². The molecule has 0 saturated heterocycles. The summed E-state index contributed by atoms with van der Waals surface area (Å²) in [5.74, 6) is 0.255. The van der Waals surface area contributed by atoms with Crippen LogP contribution in [-0.4, -0.2) is 5.11 Å². The van der Waals surface area contributed by atoms with Crippen LogP contribution in [0.2, 0.25) is 0 Å². The molecule has 0 rings (SSSR count). The molecule has 42 valence electrons. The molecule has 0 fully saturated rings. The molecule has 7 heavy (non-hydrogen) atoms. The molecule has 0 spiro atoms. The highest BCUT2D eigenvalue weighted by Gasteiger charge is 1.92. The minimum atomic E-state index is 0.255. The van der Waals surface area contributed by atoms with Crippen molar-refractivity contribution in [2.24, 2.45) is 11.7 Å². The van der Waals surface area contributed by atoms with Gasteiger partial charge < -0.3 is 10.8 Å². The summed E-state index contributed by atoms with van der Waals surface area (Å²) in [6.07, 6.45) is 0.935. The van der Waals surface area contributed by atoms with Gasteiger partial charge in [0.15, 0.2) is 0 Å². The van der Waals surface area contributed by atoms with Crippen molar-refractivity contribution in [3.05, 3.63) is 12.0 Å². The van der Waals surface area contributed by atoms with Crippen molar-refractivity contribution < 1.29 is 5.11 Å². The second kappa shape index (κ2) is 2.50. The lowest BCUT2D eigenvalue weighted by Gasteiger charge is -1.99. The monoisotopic (exact) mass is 101 g/mol. The Bertz CT molecular complexity index is 76.1. The average molecular weight is 101 g/mol. The minimum absolute atomic E-state index is 0.255. The Hall–Kier alpha value is -0.660. The van der Waals surface area contributed by atoms with Crippen LogP contribution in [-0.2, 0) is 0 Å². The van der Waals surface area contributed by atoms with Crippen LogP contribution >= 0.6 is 0 Å². The van der Waals surface area contributed by atoms with Crippen molar-refractivity contribution in [1.29, 1.82) is 0 Å². The second-order valence-electron chi connectivity index (χ2n) is 1.78. The number of rotatable bonds is 1. The highest BCUT2D eigenvalue weighted by molar-refractivity contribution is 4.92. The van der Waals surface area contributed by atoms with E-state index in [0.29, 0.717) is 5.70 Å². The zero-order chi connectivity index (χ0) is 5.86. The lowest BCUT2D eigenvalue weighted by molar-refractivity contribution is 0.457. The molecular formula is C5H11NO. The van der Waals surface area contributed by atoms with Crippen LogP contribution in [0.3, 0.4) is 0 Å². The summed E-state index contributed by atoms with van der Waals surface area (Å²) in [5, 5.41) is 8.22. The zero-order valence-electron chi connectivity index (χ0n) is 4.68. The van der Waals surface area contributed by atoms with Crippen LogP contribution < -0.4 is 5.73 Å².